The molecule has 1 heterocycles. The molecule has 0 saturated heterocycles. The van der Waals surface area contributed by atoms with Crippen molar-refractivity contribution in [3.05, 3.63) is 24.0 Å². The fraction of sp³-hybridized carbons (Fsp3) is 0.600. The Kier molecular flexibility index (Phi) is 3.88. The monoisotopic (exact) mass is 166 g/mol. The smallest absolute Gasteiger partial charge is 0.00378 e. The van der Waals surface area contributed by atoms with Crippen LogP contribution in [0.25, 0.3) is 0 Å². The second-order valence-corrected chi connectivity index (χ2v) is 3.00. The fourth-order valence-corrected chi connectivity index (χ4v) is 1.34. The van der Waals surface area contributed by atoms with Gasteiger partial charge in [-0.25, -0.2) is 0 Å². The van der Waals surface area contributed by atoms with E-state index >= 15 is 0 Å². The van der Waals surface area contributed by atoms with Gasteiger partial charge in [0.15, 0.2) is 0 Å². The Morgan fingerprint density at radius 1 is 1.33 bits per heavy atom. The SMILES string of the molecule is CCN(CC)CCc1cc[nH]c1. The Hall–Kier alpha value is -0.760. The molecular formula is C10H18N2. The van der Waals surface area contributed by atoms with Crippen molar-refractivity contribution < 1.29 is 0 Å². The Labute approximate surface area is 74.6 Å². The molecule has 12 heavy (non-hydrogen) atoms. The topological polar surface area (TPSA) is 19.0 Å². The van der Waals surface area contributed by atoms with Gasteiger partial charge in [0, 0.05) is 18.9 Å². The summed E-state index contributed by atoms with van der Waals surface area (Å²) >= 11 is 0. The molecule has 0 unspecified atom stereocenters. The van der Waals surface area contributed by atoms with Crippen molar-refractivity contribution >= 4 is 0 Å². The highest BCUT2D eigenvalue weighted by atomic mass is 15.1. The van der Waals surface area contributed by atoms with Crippen LogP contribution in [0, 0.1) is 0 Å². The van der Waals surface area contributed by atoms with Crippen LogP contribution in [0.5, 0.6) is 0 Å². The first-order valence-electron chi connectivity index (χ1n) is 4.70. The quantitative estimate of drug-likeness (QED) is 0.708. The van der Waals surface area contributed by atoms with E-state index in [-0.39, 0.29) is 0 Å². The molecule has 0 bridgehead atoms. The van der Waals surface area contributed by atoms with Crippen LogP contribution in [0.1, 0.15) is 19.4 Å². The van der Waals surface area contributed by atoms with Crippen LogP contribution in [0.15, 0.2) is 18.5 Å². The molecule has 2 heteroatoms. The number of nitrogens with one attached hydrogen (secondary N) is 1. The standard InChI is InChI=1S/C10H18N2/c1-3-12(4-2)8-6-10-5-7-11-9-10/h5,7,9,11H,3-4,6,8H2,1-2H3. The Morgan fingerprint density at radius 3 is 2.58 bits per heavy atom. The maximum atomic E-state index is 3.07. The lowest BCUT2D eigenvalue weighted by atomic mass is 10.2. The van der Waals surface area contributed by atoms with Gasteiger partial charge in [-0.1, -0.05) is 13.8 Å². The van der Waals surface area contributed by atoms with Gasteiger partial charge in [-0.3, -0.25) is 0 Å². The number of nitrogens with zero attached hydrogens (tertiary/aromatic N) is 1. The van der Waals surface area contributed by atoms with Crippen molar-refractivity contribution in [1.29, 1.82) is 0 Å². The lowest BCUT2D eigenvalue weighted by Crippen LogP contribution is -2.25. The Balaban J connectivity index is 2.25. The van der Waals surface area contributed by atoms with E-state index in [2.05, 4.69) is 36.0 Å². The van der Waals surface area contributed by atoms with Gasteiger partial charge < -0.3 is 9.88 Å². The predicted octanol–water partition coefficient (Wildman–Crippen LogP) is 1.90. The van der Waals surface area contributed by atoms with Gasteiger partial charge in [0.2, 0.25) is 0 Å². The molecule has 0 aliphatic heterocycles. The van der Waals surface area contributed by atoms with Gasteiger partial charge >= 0.3 is 0 Å². The van der Waals surface area contributed by atoms with E-state index in [9.17, 15) is 0 Å². The van der Waals surface area contributed by atoms with Gasteiger partial charge in [0.05, 0.1) is 0 Å². The second-order valence-electron chi connectivity index (χ2n) is 3.00. The maximum absolute atomic E-state index is 3.07. The summed E-state index contributed by atoms with van der Waals surface area (Å²) in [6.07, 6.45) is 5.21. The third kappa shape index (κ3) is 2.70. The van der Waals surface area contributed by atoms with E-state index < -0.39 is 0 Å². The van der Waals surface area contributed by atoms with Crippen molar-refractivity contribution in [2.75, 3.05) is 19.6 Å². The molecule has 1 N–H and O–H groups in total. The maximum Gasteiger partial charge on any atom is 0.00378 e. The molecule has 0 saturated carbocycles. The predicted molar refractivity (Wildman–Crippen MR) is 52.3 cm³/mol. The first-order valence-corrected chi connectivity index (χ1v) is 4.70. The molecular weight excluding hydrogens is 148 g/mol. The van der Waals surface area contributed by atoms with E-state index in [4.69, 9.17) is 0 Å². The number of H-pyrrole nitrogens is 1. The summed E-state index contributed by atoms with van der Waals surface area (Å²) < 4.78 is 0. The van der Waals surface area contributed by atoms with Crippen molar-refractivity contribution in [1.82, 2.24) is 9.88 Å². The van der Waals surface area contributed by atoms with Crippen LogP contribution in [0.2, 0.25) is 0 Å². The van der Waals surface area contributed by atoms with Crippen molar-refractivity contribution in [3.63, 3.8) is 0 Å². The summed E-state index contributed by atoms with van der Waals surface area (Å²) in [5, 5.41) is 0. The molecule has 68 valence electrons. The number of hydrogen-bond donors (Lipinski definition) is 1. The van der Waals surface area contributed by atoms with Gasteiger partial charge in [-0.2, -0.15) is 0 Å². The molecule has 0 atom stereocenters. The van der Waals surface area contributed by atoms with Gasteiger partial charge in [0.1, 0.15) is 0 Å². The van der Waals surface area contributed by atoms with Crippen molar-refractivity contribution in [2.45, 2.75) is 20.3 Å². The molecule has 0 fully saturated rings. The van der Waals surface area contributed by atoms with Crippen LogP contribution < -0.4 is 0 Å². The van der Waals surface area contributed by atoms with E-state index in [1.54, 1.807) is 0 Å². The highest BCUT2D eigenvalue weighted by Gasteiger charge is 1.99. The minimum atomic E-state index is 1.15. The number of rotatable bonds is 5. The molecule has 2 nitrogen and oxygen atoms in total. The first kappa shape index (κ1) is 9.33. The van der Waals surface area contributed by atoms with E-state index in [0.29, 0.717) is 0 Å². The lowest BCUT2D eigenvalue weighted by Gasteiger charge is -2.16. The number of aromatic amines is 1. The molecule has 0 amide bonds. The third-order valence-corrected chi connectivity index (χ3v) is 2.27. The fourth-order valence-electron chi connectivity index (χ4n) is 1.34. The molecule has 0 radical (unpaired) electrons. The molecule has 0 aliphatic carbocycles. The summed E-state index contributed by atoms with van der Waals surface area (Å²) in [5.74, 6) is 0. The highest BCUT2D eigenvalue weighted by Crippen LogP contribution is 1.99. The number of aromatic nitrogens is 1. The molecule has 0 aliphatic rings. The third-order valence-electron chi connectivity index (χ3n) is 2.27. The molecule has 0 aromatic carbocycles. The minimum Gasteiger partial charge on any atom is -0.367 e. The van der Waals surface area contributed by atoms with E-state index in [0.717, 1.165) is 19.5 Å². The molecule has 0 spiro atoms. The van der Waals surface area contributed by atoms with Crippen LogP contribution in [-0.4, -0.2) is 29.5 Å². The number of likely N-dealkylation sites (N-methyl/N-ethyl adjacent to an activating group) is 1. The summed E-state index contributed by atoms with van der Waals surface area (Å²) in [7, 11) is 0. The van der Waals surface area contributed by atoms with Gasteiger partial charge in [0.25, 0.3) is 0 Å². The zero-order valence-electron chi connectivity index (χ0n) is 8.01. The van der Waals surface area contributed by atoms with Gasteiger partial charge in [-0.05, 0) is 31.1 Å². The van der Waals surface area contributed by atoms with Crippen LogP contribution in [0.4, 0.5) is 0 Å². The van der Waals surface area contributed by atoms with Gasteiger partial charge in [-0.15, -0.1) is 0 Å². The zero-order chi connectivity index (χ0) is 8.81. The summed E-state index contributed by atoms with van der Waals surface area (Å²) in [4.78, 5) is 5.51. The summed E-state index contributed by atoms with van der Waals surface area (Å²) in [5.41, 5.74) is 1.40. The summed E-state index contributed by atoms with van der Waals surface area (Å²) in [6.45, 7) is 7.90. The van der Waals surface area contributed by atoms with Crippen LogP contribution >= 0.6 is 0 Å². The second kappa shape index (κ2) is 4.99. The first-order chi connectivity index (χ1) is 5.86. The lowest BCUT2D eigenvalue weighted by molar-refractivity contribution is 0.308. The van der Waals surface area contributed by atoms with Crippen LogP contribution in [-0.2, 0) is 6.42 Å². The van der Waals surface area contributed by atoms with Crippen LogP contribution in [0.3, 0.4) is 0 Å². The summed E-state index contributed by atoms with van der Waals surface area (Å²) in [6, 6.07) is 2.14. The highest BCUT2D eigenvalue weighted by molar-refractivity contribution is 5.08. The molecule has 1 aromatic heterocycles. The minimum absolute atomic E-state index is 1.15. The average molecular weight is 166 g/mol. The zero-order valence-corrected chi connectivity index (χ0v) is 8.01. The average Bonchev–Trinajstić information content (AvgIpc) is 2.59. The normalized spacial score (nSPS) is 10.9. The molecule has 1 rings (SSSR count). The van der Waals surface area contributed by atoms with E-state index in [1.807, 2.05) is 6.20 Å². The largest absolute Gasteiger partial charge is 0.367 e. The number of hydrogen-bond acceptors (Lipinski definition) is 1. The van der Waals surface area contributed by atoms with Crippen molar-refractivity contribution in [2.24, 2.45) is 0 Å². The molecule has 1 aromatic rings. The Bertz CT molecular complexity index is 188. The Morgan fingerprint density at radius 2 is 2.08 bits per heavy atom. The van der Waals surface area contributed by atoms with E-state index in [1.165, 1.54) is 12.1 Å². The van der Waals surface area contributed by atoms with Crippen molar-refractivity contribution in [3.8, 4) is 0 Å².